The molecule has 0 aliphatic heterocycles. The monoisotopic (exact) mass is 447 g/mol. The molecule has 0 aromatic heterocycles. The summed E-state index contributed by atoms with van der Waals surface area (Å²) in [6.07, 6.45) is 1.82. The molecule has 0 saturated heterocycles. The molecule has 0 bridgehead atoms. The SMILES string of the molecule is CCCCNC(=O)C(c1cccc(O)c1)N(C(=O)C(C)NC(=O)OC(C)(C)C)C1CC1C. The normalized spacial score (nSPS) is 19.4. The van der Waals surface area contributed by atoms with Gasteiger partial charge in [0, 0.05) is 12.6 Å². The number of phenols is 1. The third kappa shape index (κ3) is 7.14. The highest BCUT2D eigenvalue weighted by atomic mass is 16.6. The van der Waals surface area contributed by atoms with Gasteiger partial charge in [-0.15, -0.1) is 0 Å². The maximum absolute atomic E-state index is 13.5. The Kier molecular flexibility index (Phi) is 8.52. The Morgan fingerprint density at radius 2 is 1.94 bits per heavy atom. The maximum Gasteiger partial charge on any atom is 0.408 e. The van der Waals surface area contributed by atoms with E-state index in [1.807, 2.05) is 13.8 Å². The van der Waals surface area contributed by atoms with Gasteiger partial charge in [0.25, 0.3) is 0 Å². The van der Waals surface area contributed by atoms with E-state index in [0.717, 1.165) is 19.3 Å². The van der Waals surface area contributed by atoms with E-state index < -0.39 is 23.8 Å². The molecule has 1 fully saturated rings. The van der Waals surface area contributed by atoms with Crippen molar-refractivity contribution in [1.29, 1.82) is 0 Å². The van der Waals surface area contributed by atoms with Gasteiger partial charge in [0.15, 0.2) is 0 Å². The van der Waals surface area contributed by atoms with Crippen LogP contribution >= 0.6 is 0 Å². The number of aromatic hydroxyl groups is 1. The summed E-state index contributed by atoms with van der Waals surface area (Å²) in [4.78, 5) is 40.5. The van der Waals surface area contributed by atoms with Crippen LogP contribution in [0.2, 0.25) is 0 Å². The molecule has 4 atom stereocenters. The highest BCUT2D eigenvalue weighted by Crippen LogP contribution is 2.41. The Morgan fingerprint density at radius 3 is 2.47 bits per heavy atom. The molecule has 2 rings (SSSR count). The minimum atomic E-state index is -0.913. The molecule has 3 amide bonds. The molecule has 0 spiro atoms. The van der Waals surface area contributed by atoms with Gasteiger partial charge in [0.05, 0.1) is 0 Å². The smallest absolute Gasteiger partial charge is 0.408 e. The van der Waals surface area contributed by atoms with Crippen LogP contribution in [-0.4, -0.2) is 52.1 Å². The van der Waals surface area contributed by atoms with Crippen molar-refractivity contribution >= 4 is 17.9 Å². The van der Waals surface area contributed by atoms with E-state index in [1.165, 1.54) is 12.1 Å². The minimum absolute atomic E-state index is 0.0185. The van der Waals surface area contributed by atoms with E-state index in [1.54, 1.807) is 44.7 Å². The summed E-state index contributed by atoms with van der Waals surface area (Å²) in [6.45, 7) is 11.4. The fraction of sp³-hybridized carbons (Fsp3) is 0.625. The number of hydrogen-bond donors (Lipinski definition) is 3. The lowest BCUT2D eigenvalue weighted by Gasteiger charge is -2.34. The van der Waals surface area contributed by atoms with Crippen LogP contribution in [0.5, 0.6) is 5.75 Å². The van der Waals surface area contributed by atoms with Gasteiger partial charge in [-0.3, -0.25) is 9.59 Å². The standard InChI is InChI=1S/C24H37N3O5/c1-7-8-12-25-21(29)20(17-10-9-11-18(28)14-17)27(19-13-15(19)2)22(30)16(3)26-23(31)32-24(4,5)6/h9-11,14-16,19-20,28H,7-8,12-13H2,1-6H3,(H,25,29)(H,26,31). The van der Waals surface area contributed by atoms with Crippen molar-refractivity contribution in [3.05, 3.63) is 29.8 Å². The van der Waals surface area contributed by atoms with Crippen LogP contribution in [0.1, 0.15) is 72.4 Å². The maximum atomic E-state index is 13.5. The second kappa shape index (κ2) is 10.7. The van der Waals surface area contributed by atoms with Gasteiger partial charge in [-0.1, -0.05) is 32.4 Å². The zero-order valence-electron chi connectivity index (χ0n) is 20.0. The molecule has 1 saturated carbocycles. The predicted molar refractivity (Wildman–Crippen MR) is 122 cm³/mol. The molecule has 1 aliphatic rings. The van der Waals surface area contributed by atoms with Gasteiger partial charge < -0.3 is 25.4 Å². The summed E-state index contributed by atoms with van der Waals surface area (Å²) < 4.78 is 5.28. The Balaban J connectivity index is 2.33. The summed E-state index contributed by atoms with van der Waals surface area (Å²) in [6, 6.07) is 4.47. The van der Waals surface area contributed by atoms with Crippen molar-refractivity contribution in [3.63, 3.8) is 0 Å². The van der Waals surface area contributed by atoms with Crippen molar-refractivity contribution < 1.29 is 24.2 Å². The van der Waals surface area contributed by atoms with Crippen molar-refractivity contribution in [1.82, 2.24) is 15.5 Å². The van der Waals surface area contributed by atoms with Crippen LogP contribution in [0, 0.1) is 5.92 Å². The zero-order valence-corrected chi connectivity index (χ0v) is 20.0. The molecule has 32 heavy (non-hydrogen) atoms. The molecule has 8 nitrogen and oxygen atoms in total. The Morgan fingerprint density at radius 1 is 1.28 bits per heavy atom. The van der Waals surface area contributed by atoms with Crippen molar-refractivity contribution in [2.45, 2.75) is 84.5 Å². The van der Waals surface area contributed by atoms with Crippen LogP contribution in [0.15, 0.2) is 24.3 Å². The molecule has 3 N–H and O–H groups in total. The molecule has 1 aliphatic carbocycles. The minimum Gasteiger partial charge on any atom is -0.508 e. The average Bonchev–Trinajstić information content (AvgIpc) is 3.39. The third-order valence-electron chi connectivity index (χ3n) is 5.32. The quantitative estimate of drug-likeness (QED) is 0.502. The molecule has 4 unspecified atom stereocenters. The summed E-state index contributed by atoms with van der Waals surface area (Å²) in [5.41, 5.74) is -0.170. The predicted octanol–water partition coefficient (Wildman–Crippen LogP) is 3.50. The van der Waals surface area contributed by atoms with Crippen LogP contribution in [-0.2, 0) is 14.3 Å². The summed E-state index contributed by atoms with van der Waals surface area (Å²) in [5, 5.41) is 15.5. The lowest BCUT2D eigenvalue weighted by Crippen LogP contribution is -2.53. The number of benzene rings is 1. The number of nitrogens with zero attached hydrogens (tertiary/aromatic N) is 1. The topological polar surface area (TPSA) is 108 Å². The van der Waals surface area contributed by atoms with Crippen molar-refractivity contribution in [3.8, 4) is 5.75 Å². The van der Waals surface area contributed by atoms with Gasteiger partial charge in [-0.2, -0.15) is 0 Å². The van der Waals surface area contributed by atoms with Crippen LogP contribution in [0.3, 0.4) is 0 Å². The first-order valence-corrected chi connectivity index (χ1v) is 11.3. The van der Waals surface area contributed by atoms with E-state index in [9.17, 15) is 19.5 Å². The lowest BCUT2D eigenvalue weighted by atomic mass is 10.0. The lowest BCUT2D eigenvalue weighted by molar-refractivity contribution is -0.143. The Bertz CT molecular complexity index is 820. The highest BCUT2D eigenvalue weighted by molar-refractivity contribution is 5.92. The van der Waals surface area contributed by atoms with Crippen LogP contribution in [0.4, 0.5) is 4.79 Å². The number of nitrogens with one attached hydrogen (secondary N) is 2. The molecular formula is C24H37N3O5. The summed E-state index contributed by atoms with van der Waals surface area (Å²) >= 11 is 0. The van der Waals surface area contributed by atoms with Gasteiger partial charge in [0.1, 0.15) is 23.4 Å². The highest BCUT2D eigenvalue weighted by Gasteiger charge is 2.47. The first kappa shape index (κ1) is 25.5. The second-order valence-corrected chi connectivity index (χ2v) is 9.54. The second-order valence-electron chi connectivity index (χ2n) is 9.54. The fourth-order valence-electron chi connectivity index (χ4n) is 3.56. The van der Waals surface area contributed by atoms with Crippen LogP contribution < -0.4 is 10.6 Å². The Hall–Kier alpha value is -2.77. The average molecular weight is 448 g/mol. The largest absolute Gasteiger partial charge is 0.508 e. The number of ether oxygens (including phenoxy) is 1. The third-order valence-corrected chi connectivity index (χ3v) is 5.32. The molecule has 1 aromatic carbocycles. The number of alkyl carbamates (subject to hydrolysis) is 1. The zero-order chi connectivity index (χ0) is 24.1. The molecule has 1 aromatic rings. The van der Waals surface area contributed by atoms with E-state index >= 15 is 0 Å². The molecular weight excluding hydrogens is 410 g/mol. The van der Waals surface area contributed by atoms with E-state index in [2.05, 4.69) is 10.6 Å². The van der Waals surface area contributed by atoms with Crippen molar-refractivity contribution in [2.75, 3.05) is 6.54 Å². The van der Waals surface area contributed by atoms with Crippen LogP contribution in [0.25, 0.3) is 0 Å². The molecule has 178 valence electrons. The number of unbranched alkanes of at least 4 members (excludes halogenated alkanes) is 1. The summed E-state index contributed by atoms with van der Waals surface area (Å²) in [5.74, 6) is -0.425. The number of amides is 3. The first-order chi connectivity index (χ1) is 14.9. The van der Waals surface area contributed by atoms with E-state index in [0.29, 0.717) is 12.1 Å². The molecule has 0 radical (unpaired) electrons. The van der Waals surface area contributed by atoms with Gasteiger partial charge in [0.2, 0.25) is 11.8 Å². The fourth-order valence-corrected chi connectivity index (χ4v) is 3.56. The number of carbonyl (C=O) groups is 3. The van der Waals surface area contributed by atoms with E-state index in [4.69, 9.17) is 4.74 Å². The van der Waals surface area contributed by atoms with Gasteiger partial charge in [-0.25, -0.2) is 4.79 Å². The number of carbonyl (C=O) groups excluding carboxylic acids is 3. The van der Waals surface area contributed by atoms with Crippen molar-refractivity contribution in [2.24, 2.45) is 5.92 Å². The van der Waals surface area contributed by atoms with Gasteiger partial charge >= 0.3 is 6.09 Å². The molecule has 8 heteroatoms. The van der Waals surface area contributed by atoms with E-state index in [-0.39, 0.29) is 29.5 Å². The number of hydrogen-bond acceptors (Lipinski definition) is 5. The van der Waals surface area contributed by atoms with Gasteiger partial charge in [-0.05, 0) is 64.2 Å². The number of rotatable bonds is 9. The Labute approximate surface area is 190 Å². The molecule has 0 heterocycles. The number of phenolic OH excluding ortho intramolecular Hbond substituents is 1. The summed E-state index contributed by atoms with van der Waals surface area (Å²) in [7, 11) is 0. The first-order valence-electron chi connectivity index (χ1n) is 11.3.